The van der Waals surface area contributed by atoms with Gasteiger partial charge >= 0.3 is 0 Å². The van der Waals surface area contributed by atoms with Crippen molar-refractivity contribution in [3.8, 4) is 0 Å². The van der Waals surface area contributed by atoms with Crippen LogP contribution in [0.5, 0.6) is 0 Å². The average Bonchev–Trinajstić information content (AvgIpc) is 3.20. The van der Waals surface area contributed by atoms with E-state index in [0.29, 0.717) is 12.0 Å². The van der Waals surface area contributed by atoms with E-state index in [0.717, 1.165) is 11.9 Å². The van der Waals surface area contributed by atoms with Gasteiger partial charge < -0.3 is 10.3 Å². The summed E-state index contributed by atoms with van der Waals surface area (Å²) in [4.78, 5) is 8.20. The number of hydrogen-bond acceptors (Lipinski definition) is 2. The standard InChI is InChI=1S/C16H21N3/c1-2-8-17-13(3-1)9-11-4-7-14-15(10-11)19-16(18-14)12-5-6-12/h4,7,10,12-13,17H,1-3,5-6,8-9H2,(H,18,19). The molecule has 2 heterocycles. The second-order valence-corrected chi connectivity index (χ2v) is 6.10. The third kappa shape index (κ3) is 2.39. The Balaban J connectivity index is 1.56. The molecule has 3 nitrogen and oxygen atoms in total. The fraction of sp³-hybridized carbons (Fsp3) is 0.562. The summed E-state index contributed by atoms with van der Waals surface area (Å²) in [6.45, 7) is 1.18. The molecule has 2 aliphatic rings. The lowest BCUT2D eigenvalue weighted by Gasteiger charge is -2.23. The summed E-state index contributed by atoms with van der Waals surface area (Å²) < 4.78 is 0. The summed E-state index contributed by atoms with van der Waals surface area (Å²) in [5.41, 5.74) is 3.77. The van der Waals surface area contributed by atoms with Crippen LogP contribution in [0.2, 0.25) is 0 Å². The van der Waals surface area contributed by atoms with Crippen molar-refractivity contribution in [1.82, 2.24) is 15.3 Å². The Morgan fingerprint density at radius 3 is 2.89 bits per heavy atom. The first-order valence-corrected chi connectivity index (χ1v) is 7.60. The maximum Gasteiger partial charge on any atom is 0.110 e. The van der Waals surface area contributed by atoms with Gasteiger partial charge in [-0.25, -0.2) is 4.98 Å². The number of H-pyrrole nitrogens is 1. The first-order valence-electron chi connectivity index (χ1n) is 7.60. The zero-order chi connectivity index (χ0) is 12.7. The molecule has 2 fully saturated rings. The predicted molar refractivity (Wildman–Crippen MR) is 77.4 cm³/mol. The quantitative estimate of drug-likeness (QED) is 0.884. The molecule has 1 atom stereocenters. The van der Waals surface area contributed by atoms with Crippen molar-refractivity contribution in [2.24, 2.45) is 0 Å². The Labute approximate surface area is 113 Å². The molecule has 100 valence electrons. The number of aromatic nitrogens is 2. The molecule has 19 heavy (non-hydrogen) atoms. The molecule has 0 radical (unpaired) electrons. The van der Waals surface area contributed by atoms with Crippen LogP contribution in [0.25, 0.3) is 11.0 Å². The van der Waals surface area contributed by atoms with Crippen LogP contribution >= 0.6 is 0 Å². The van der Waals surface area contributed by atoms with E-state index >= 15 is 0 Å². The fourth-order valence-corrected chi connectivity index (χ4v) is 3.14. The maximum absolute atomic E-state index is 4.69. The molecule has 3 heteroatoms. The minimum Gasteiger partial charge on any atom is -0.342 e. The largest absolute Gasteiger partial charge is 0.342 e. The molecular weight excluding hydrogens is 234 g/mol. The summed E-state index contributed by atoms with van der Waals surface area (Å²) in [6, 6.07) is 7.38. The van der Waals surface area contributed by atoms with Crippen molar-refractivity contribution in [1.29, 1.82) is 0 Å². The number of piperidine rings is 1. The molecule has 1 aliphatic heterocycles. The van der Waals surface area contributed by atoms with Crippen LogP contribution in [0.15, 0.2) is 18.2 Å². The van der Waals surface area contributed by atoms with Crippen LogP contribution < -0.4 is 5.32 Å². The predicted octanol–water partition coefficient (Wildman–Crippen LogP) is 3.12. The van der Waals surface area contributed by atoms with Gasteiger partial charge in [-0.1, -0.05) is 12.5 Å². The Hall–Kier alpha value is -1.35. The molecule has 4 rings (SSSR count). The molecule has 1 aromatic carbocycles. The van der Waals surface area contributed by atoms with Crippen LogP contribution in [-0.4, -0.2) is 22.6 Å². The van der Waals surface area contributed by atoms with Gasteiger partial charge in [0, 0.05) is 12.0 Å². The van der Waals surface area contributed by atoms with Crippen LogP contribution in [0, 0.1) is 0 Å². The number of nitrogens with zero attached hydrogens (tertiary/aromatic N) is 1. The second kappa shape index (κ2) is 4.64. The molecule has 1 saturated carbocycles. The van der Waals surface area contributed by atoms with Gasteiger partial charge in [0.05, 0.1) is 11.0 Å². The molecular formula is C16H21N3. The van der Waals surface area contributed by atoms with Crippen molar-refractivity contribution in [3.63, 3.8) is 0 Å². The van der Waals surface area contributed by atoms with Gasteiger partial charge in [0.2, 0.25) is 0 Å². The number of benzene rings is 1. The van der Waals surface area contributed by atoms with Crippen molar-refractivity contribution < 1.29 is 0 Å². The van der Waals surface area contributed by atoms with Gasteiger partial charge in [-0.2, -0.15) is 0 Å². The summed E-state index contributed by atoms with van der Waals surface area (Å²) in [5.74, 6) is 1.90. The van der Waals surface area contributed by atoms with E-state index in [9.17, 15) is 0 Å². The minimum atomic E-state index is 0.664. The maximum atomic E-state index is 4.69. The van der Waals surface area contributed by atoms with Gasteiger partial charge in [-0.3, -0.25) is 0 Å². The third-order valence-electron chi connectivity index (χ3n) is 4.42. The minimum absolute atomic E-state index is 0.664. The number of fused-ring (bicyclic) bond motifs is 1. The highest BCUT2D eigenvalue weighted by atomic mass is 14.9. The number of imidazole rings is 1. The highest BCUT2D eigenvalue weighted by molar-refractivity contribution is 5.76. The van der Waals surface area contributed by atoms with E-state index in [1.165, 1.54) is 55.6 Å². The molecule has 2 N–H and O–H groups in total. The molecule has 0 bridgehead atoms. The second-order valence-electron chi connectivity index (χ2n) is 6.10. The van der Waals surface area contributed by atoms with Crippen molar-refractivity contribution in [2.45, 2.75) is 50.5 Å². The summed E-state index contributed by atoms with van der Waals surface area (Å²) in [7, 11) is 0. The summed E-state index contributed by atoms with van der Waals surface area (Å²) in [6.07, 6.45) is 7.77. The van der Waals surface area contributed by atoms with Crippen molar-refractivity contribution in [2.75, 3.05) is 6.54 Å². The first kappa shape index (κ1) is 11.5. The van der Waals surface area contributed by atoms with E-state index in [4.69, 9.17) is 4.98 Å². The Bertz CT molecular complexity index is 577. The average molecular weight is 255 g/mol. The van der Waals surface area contributed by atoms with Gasteiger partial charge in [-0.15, -0.1) is 0 Å². The third-order valence-corrected chi connectivity index (χ3v) is 4.42. The van der Waals surface area contributed by atoms with E-state index in [1.54, 1.807) is 0 Å². The van der Waals surface area contributed by atoms with E-state index < -0.39 is 0 Å². The smallest absolute Gasteiger partial charge is 0.110 e. The number of nitrogens with one attached hydrogen (secondary N) is 2. The Morgan fingerprint density at radius 2 is 2.11 bits per heavy atom. The molecule has 0 spiro atoms. The highest BCUT2D eigenvalue weighted by Crippen LogP contribution is 2.39. The lowest BCUT2D eigenvalue weighted by molar-refractivity contribution is 0.399. The number of aromatic amines is 1. The van der Waals surface area contributed by atoms with E-state index in [-0.39, 0.29) is 0 Å². The van der Waals surface area contributed by atoms with Crippen molar-refractivity contribution >= 4 is 11.0 Å². The van der Waals surface area contributed by atoms with Crippen LogP contribution in [0.1, 0.15) is 49.4 Å². The zero-order valence-electron chi connectivity index (χ0n) is 11.3. The lowest BCUT2D eigenvalue weighted by Crippen LogP contribution is -2.35. The number of hydrogen-bond donors (Lipinski definition) is 2. The SMILES string of the molecule is c1cc2nc(C3CC3)[nH]c2cc1CC1CCCCN1. The highest BCUT2D eigenvalue weighted by Gasteiger charge is 2.26. The molecule has 2 aromatic rings. The molecule has 1 aliphatic carbocycles. The van der Waals surface area contributed by atoms with Gasteiger partial charge in [0.15, 0.2) is 0 Å². The topological polar surface area (TPSA) is 40.7 Å². The molecule has 1 unspecified atom stereocenters. The van der Waals surface area contributed by atoms with Crippen LogP contribution in [0.4, 0.5) is 0 Å². The zero-order valence-corrected chi connectivity index (χ0v) is 11.3. The normalized spacial score (nSPS) is 23.9. The Kier molecular flexibility index (Phi) is 2.80. The monoisotopic (exact) mass is 255 g/mol. The first-order chi connectivity index (χ1) is 9.38. The molecule has 0 amide bonds. The van der Waals surface area contributed by atoms with Gasteiger partial charge in [0.25, 0.3) is 0 Å². The molecule has 1 saturated heterocycles. The van der Waals surface area contributed by atoms with Crippen LogP contribution in [-0.2, 0) is 6.42 Å². The van der Waals surface area contributed by atoms with Gasteiger partial charge in [-0.05, 0) is 56.3 Å². The van der Waals surface area contributed by atoms with Crippen molar-refractivity contribution in [3.05, 3.63) is 29.6 Å². The Morgan fingerprint density at radius 1 is 1.16 bits per heavy atom. The number of rotatable bonds is 3. The van der Waals surface area contributed by atoms with Gasteiger partial charge in [0.1, 0.15) is 5.82 Å². The van der Waals surface area contributed by atoms with Crippen LogP contribution in [0.3, 0.4) is 0 Å². The fourth-order valence-electron chi connectivity index (χ4n) is 3.14. The lowest BCUT2D eigenvalue weighted by atomic mass is 9.98. The van der Waals surface area contributed by atoms with E-state index in [2.05, 4.69) is 28.5 Å². The van der Waals surface area contributed by atoms with E-state index in [1.807, 2.05) is 0 Å². The summed E-state index contributed by atoms with van der Waals surface area (Å²) >= 11 is 0. The summed E-state index contributed by atoms with van der Waals surface area (Å²) in [5, 5.41) is 3.62. The molecule has 1 aromatic heterocycles.